The molecule has 0 saturated carbocycles. The van der Waals surface area contributed by atoms with E-state index in [2.05, 4.69) is 11.0 Å². The number of rotatable bonds is 3. The van der Waals surface area contributed by atoms with Gasteiger partial charge in [-0.15, -0.1) is 0 Å². The lowest BCUT2D eigenvalue weighted by atomic mass is 10.1. The molecule has 1 atom stereocenters. The van der Waals surface area contributed by atoms with Crippen LogP contribution in [0.5, 0.6) is 0 Å². The Morgan fingerprint density at radius 3 is 2.82 bits per heavy atom. The van der Waals surface area contributed by atoms with E-state index in [0.29, 0.717) is 24.8 Å². The third kappa shape index (κ3) is 3.04. The number of nitrogens with two attached hydrogens (primary N) is 1. The molecule has 4 nitrogen and oxygen atoms in total. The molecule has 0 bridgehead atoms. The van der Waals surface area contributed by atoms with Crippen LogP contribution >= 0.6 is 0 Å². The van der Waals surface area contributed by atoms with Crippen LogP contribution in [0.3, 0.4) is 0 Å². The molecule has 1 aromatic rings. The molecular weight excluding hydrogens is 214 g/mol. The van der Waals surface area contributed by atoms with Gasteiger partial charge in [-0.2, -0.15) is 5.26 Å². The van der Waals surface area contributed by atoms with Crippen molar-refractivity contribution in [1.29, 1.82) is 5.26 Å². The van der Waals surface area contributed by atoms with Gasteiger partial charge in [0.2, 0.25) is 0 Å². The number of ether oxygens (including phenoxy) is 1. The van der Waals surface area contributed by atoms with Gasteiger partial charge in [-0.3, -0.25) is 4.90 Å². The SMILES string of the molecule is N#Cc1ccc(CN2CCOCC2CN)cc1. The Morgan fingerprint density at radius 2 is 2.18 bits per heavy atom. The number of hydrogen-bond donors (Lipinski definition) is 1. The lowest BCUT2D eigenvalue weighted by molar-refractivity contribution is -0.00792. The van der Waals surface area contributed by atoms with Crippen molar-refractivity contribution >= 4 is 0 Å². The van der Waals surface area contributed by atoms with Crippen molar-refractivity contribution < 1.29 is 4.74 Å². The maximum Gasteiger partial charge on any atom is 0.0991 e. The monoisotopic (exact) mass is 231 g/mol. The van der Waals surface area contributed by atoms with Crippen molar-refractivity contribution in [2.75, 3.05) is 26.3 Å². The van der Waals surface area contributed by atoms with Crippen LogP contribution in [0, 0.1) is 11.3 Å². The quantitative estimate of drug-likeness (QED) is 0.832. The molecule has 2 N–H and O–H groups in total. The maximum atomic E-state index is 8.74. The second-order valence-corrected chi connectivity index (χ2v) is 4.24. The number of benzene rings is 1. The van der Waals surface area contributed by atoms with Gasteiger partial charge in [0.05, 0.1) is 24.8 Å². The van der Waals surface area contributed by atoms with Crippen LogP contribution in [0.2, 0.25) is 0 Å². The molecule has 2 rings (SSSR count). The second-order valence-electron chi connectivity index (χ2n) is 4.24. The molecule has 90 valence electrons. The van der Waals surface area contributed by atoms with Crippen molar-refractivity contribution in [3.8, 4) is 6.07 Å². The van der Waals surface area contributed by atoms with Crippen molar-refractivity contribution in [1.82, 2.24) is 4.90 Å². The van der Waals surface area contributed by atoms with E-state index < -0.39 is 0 Å². The molecule has 1 heterocycles. The van der Waals surface area contributed by atoms with Gasteiger partial charge in [0.25, 0.3) is 0 Å². The van der Waals surface area contributed by atoms with Crippen LogP contribution in [-0.2, 0) is 11.3 Å². The zero-order valence-electron chi connectivity index (χ0n) is 9.80. The molecule has 1 aliphatic heterocycles. The van der Waals surface area contributed by atoms with Gasteiger partial charge < -0.3 is 10.5 Å². The van der Waals surface area contributed by atoms with Crippen molar-refractivity contribution in [2.24, 2.45) is 5.73 Å². The van der Waals surface area contributed by atoms with Crippen LogP contribution in [0.4, 0.5) is 0 Å². The number of hydrogen-bond acceptors (Lipinski definition) is 4. The van der Waals surface area contributed by atoms with E-state index in [1.54, 1.807) is 0 Å². The highest BCUT2D eigenvalue weighted by Crippen LogP contribution is 2.12. The van der Waals surface area contributed by atoms with Gasteiger partial charge in [-0.1, -0.05) is 12.1 Å². The van der Waals surface area contributed by atoms with Crippen LogP contribution in [0.1, 0.15) is 11.1 Å². The standard InChI is InChI=1S/C13H17N3O/c14-7-11-1-3-12(4-2-11)9-16-5-6-17-10-13(16)8-15/h1-4,13H,5-6,8-10,15H2. The predicted molar refractivity (Wildman–Crippen MR) is 65.2 cm³/mol. The fourth-order valence-corrected chi connectivity index (χ4v) is 2.03. The first kappa shape index (κ1) is 12.1. The largest absolute Gasteiger partial charge is 0.378 e. The van der Waals surface area contributed by atoms with Crippen molar-refractivity contribution in [3.05, 3.63) is 35.4 Å². The summed E-state index contributed by atoms with van der Waals surface area (Å²) in [6, 6.07) is 10.1. The van der Waals surface area contributed by atoms with E-state index >= 15 is 0 Å². The van der Waals surface area contributed by atoms with E-state index in [1.165, 1.54) is 5.56 Å². The molecule has 1 fully saturated rings. The van der Waals surface area contributed by atoms with Gasteiger partial charge >= 0.3 is 0 Å². The van der Waals surface area contributed by atoms with Gasteiger partial charge in [0.1, 0.15) is 0 Å². The minimum atomic E-state index is 0.305. The first-order valence-electron chi connectivity index (χ1n) is 5.84. The summed E-state index contributed by atoms with van der Waals surface area (Å²) in [4.78, 5) is 2.34. The summed E-state index contributed by atoms with van der Waals surface area (Å²) in [6.45, 7) is 3.90. The molecule has 1 saturated heterocycles. The molecule has 1 aliphatic rings. The Hall–Kier alpha value is -1.41. The highest BCUT2D eigenvalue weighted by Gasteiger charge is 2.21. The first-order chi connectivity index (χ1) is 8.33. The molecule has 0 aromatic heterocycles. The predicted octanol–water partition coefficient (Wildman–Crippen LogP) is 0.718. The third-order valence-corrected chi connectivity index (χ3v) is 3.09. The summed E-state index contributed by atoms with van der Waals surface area (Å²) in [5.74, 6) is 0. The Labute approximate surface area is 102 Å². The summed E-state index contributed by atoms with van der Waals surface area (Å²) in [7, 11) is 0. The highest BCUT2D eigenvalue weighted by atomic mass is 16.5. The molecule has 1 unspecified atom stereocenters. The fourth-order valence-electron chi connectivity index (χ4n) is 2.03. The minimum Gasteiger partial charge on any atom is -0.378 e. The average molecular weight is 231 g/mol. The summed E-state index contributed by atoms with van der Waals surface area (Å²) >= 11 is 0. The Balaban J connectivity index is 2.01. The van der Waals surface area contributed by atoms with Crippen molar-refractivity contribution in [3.63, 3.8) is 0 Å². The van der Waals surface area contributed by atoms with Crippen LogP contribution in [0.15, 0.2) is 24.3 Å². The zero-order valence-corrected chi connectivity index (χ0v) is 9.80. The molecule has 0 radical (unpaired) electrons. The summed E-state index contributed by atoms with van der Waals surface area (Å²) in [6.07, 6.45) is 0. The van der Waals surface area contributed by atoms with E-state index in [9.17, 15) is 0 Å². The van der Waals surface area contributed by atoms with E-state index in [-0.39, 0.29) is 0 Å². The highest BCUT2D eigenvalue weighted by molar-refractivity contribution is 5.31. The summed E-state index contributed by atoms with van der Waals surface area (Å²) < 4.78 is 5.41. The number of morpholine rings is 1. The van der Waals surface area contributed by atoms with Crippen LogP contribution in [0.25, 0.3) is 0 Å². The van der Waals surface area contributed by atoms with Crippen LogP contribution < -0.4 is 5.73 Å². The van der Waals surface area contributed by atoms with E-state index in [4.69, 9.17) is 15.7 Å². The Morgan fingerprint density at radius 1 is 1.41 bits per heavy atom. The molecule has 0 aliphatic carbocycles. The van der Waals surface area contributed by atoms with E-state index in [0.717, 1.165) is 19.7 Å². The van der Waals surface area contributed by atoms with Gasteiger partial charge in [-0.05, 0) is 17.7 Å². The third-order valence-electron chi connectivity index (χ3n) is 3.09. The Kier molecular flexibility index (Phi) is 4.10. The van der Waals surface area contributed by atoms with E-state index in [1.807, 2.05) is 24.3 Å². The van der Waals surface area contributed by atoms with Gasteiger partial charge in [0, 0.05) is 25.7 Å². The summed E-state index contributed by atoms with van der Waals surface area (Å²) in [5.41, 5.74) is 7.64. The number of nitriles is 1. The fraction of sp³-hybridized carbons (Fsp3) is 0.462. The second kappa shape index (κ2) is 5.78. The van der Waals surface area contributed by atoms with Crippen LogP contribution in [-0.4, -0.2) is 37.2 Å². The maximum absolute atomic E-state index is 8.74. The lowest BCUT2D eigenvalue weighted by Gasteiger charge is -2.34. The zero-order chi connectivity index (χ0) is 12.1. The Bertz CT molecular complexity index is 396. The normalized spacial score (nSPS) is 21.1. The topological polar surface area (TPSA) is 62.3 Å². The molecule has 0 amide bonds. The van der Waals surface area contributed by atoms with Crippen molar-refractivity contribution in [2.45, 2.75) is 12.6 Å². The van der Waals surface area contributed by atoms with Gasteiger partial charge in [-0.25, -0.2) is 0 Å². The molecule has 17 heavy (non-hydrogen) atoms. The molecule has 1 aromatic carbocycles. The number of nitrogens with zero attached hydrogens (tertiary/aromatic N) is 2. The molecule has 4 heteroatoms. The van der Waals surface area contributed by atoms with Gasteiger partial charge in [0.15, 0.2) is 0 Å². The summed E-state index contributed by atoms with van der Waals surface area (Å²) in [5, 5.41) is 8.74. The first-order valence-corrected chi connectivity index (χ1v) is 5.84. The molecule has 0 spiro atoms. The smallest absolute Gasteiger partial charge is 0.0991 e. The minimum absolute atomic E-state index is 0.305. The molecular formula is C13H17N3O. The average Bonchev–Trinajstić information content (AvgIpc) is 2.40. The lowest BCUT2D eigenvalue weighted by Crippen LogP contribution is -2.48.